The second-order valence-corrected chi connectivity index (χ2v) is 7.71. The highest BCUT2D eigenvalue weighted by Gasteiger charge is 2.24. The van der Waals surface area contributed by atoms with Crippen LogP contribution in [0.15, 0.2) is 58.1 Å². The van der Waals surface area contributed by atoms with Crippen molar-refractivity contribution in [1.29, 1.82) is 0 Å². The average Bonchev–Trinajstić information content (AvgIpc) is 3.32. The summed E-state index contributed by atoms with van der Waals surface area (Å²) in [5.41, 5.74) is 0.312. The van der Waals surface area contributed by atoms with E-state index in [0.717, 1.165) is 41.9 Å². The van der Waals surface area contributed by atoms with E-state index in [0.29, 0.717) is 17.3 Å². The molecule has 0 aliphatic carbocycles. The number of likely N-dealkylation sites (tertiary alicyclic amines) is 1. The molecule has 31 heavy (non-hydrogen) atoms. The second-order valence-electron chi connectivity index (χ2n) is 7.71. The molecule has 162 valence electrons. The van der Waals surface area contributed by atoms with E-state index in [1.807, 2.05) is 24.3 Å². The molecule has 2 aromatic carbocycles. The Morgan fingerprint density at radius 3 is 2.42 bits per heavy atom. The average molecular weight is 422 g/mol. The minimum absolute atomic E-state index is 0.0322. The van der Waals surface area contributed by atoms with Crippen molar-refractivity contribution in [3.8, 4) is 5.75 Å². The number of aromatic amines is 1. The van der Waals surface area contributed by atoms with Gasteiger partial charge in [-0.3, -0.25) is 24.4 Å². The van der Waals surface area contributed by atoms with Crippen LogP contribution in [0.5, 0.6) is 5.75 Å². The summed E-state index contributed by atoms with van der Waals surface area (Å²) in [4.78, 5) is 39.9. The topological polar surface area (TPSA) is 96.4 Å². The first-order valence-corrected chi connectivity index (χ1v) is 10.4. The first-order chi connectivity index (χ1) is 15.1. The predicted molar refractivity (Wildman–Crippen MR) is 118 cm³/mol. The first-order valence-electron chi connectivity index (χ1n) is 10.4. The van der Waals surface area contributed by atoms with Crippen molar-refractivity contribution >= 4 is 16.7 Å². The van der Waals surface area contributed by atoms with Gasteiger partial charge in [0.15, 0.2) is 0 Å². The third kappa shape index (κ3) is 4.54. The van der Waals surface area contributed by atoms with Crippen LogP contribution in [-0.4, -0.2) is 47.3 Å². The van der Waals surface area contributed by atoms with Crippen LogP contribution in [0.3, 0.4) is 0 Å². The van der Waals surface area contributed by atoms with Gasteiger partial charge in [-0.05, 0) is 55.8 Å². The molecule has 2 N–H and O–H groups in total. The van der Waals surface area contributed by atoms with E-state index in [4.69, 9.17) is 4.74 Å². The molecular weight excluding hydrogens is 396 g/mol. The SMILES string of the molecule is COc1ccc([C@@H](CNC(=O)Cn2[nH]c(=O)c3ccccc3c2=O)N2CCCC2)cc1. The molecule has 8 nitrogen and oxygen atoms in total. The number of aromatic nitrogens is 2. The monoisotopic (exact) mass is 422 g/mol. The Labute approximate surface area is 179 Å². The fourth-order valence-electron chi connectivity index (χ4n) is 4.11. The summed E-state index contributed by atoms with van der Waals surface area (Å²) in [5.74, 6) is 0.457. The minimum Gasteiger partial charge on any atom is -0.497 e. The van der Waals surface area contributed by atoms with Gasteiger partial charge in [0.25, 0.3) is 11.1 Å². The van der Waals surface area contributed by atoms with Crippen LogP contribution in [0.25, 0.3) is 10.8 Å². The zero-order valence-electron chi connectivity index (χ0n) is 17.5. The van der Waals surface area contributed by atoms with Gasteiger partial charge in [0, 0.05) is 6.54 Å². The first kappa shape index (κ1) is 20.9. The van der Waals surface area contributed by atoms with Crippen molar-refractivity contribution in [2.75, 3.05) is 26.7 Å². The van der Waals surface area contributed by atoms with Gasteiger partial charge in [0.1, 0.15) is 12.3 Å². The van der Waals surface area contributed by atoms with Crippen molar-refractivity contribution in [3.05, 3.63) is 74.8 Å². The Morgan fingerprint density at radius 2 is 1.74 bits per heavy atom. The van der Waals surface area contributed by atoms with Crippen molar-refractivity contribution in [2.24, 2.45) is 0 Å². The summed E-state index contributed by atoms with van der Waals surface area (Å²) in [7, 11) is 1.63. The summed E-state index contributed by atoms with van der Waals surface area (Å²) in [6.07, 6.45) is 2.27. The molecule has 0 bridgehead atoms. The zero-order valence-corrected chi connectivity index (χ0v) is 17.5. The second kappa shape index (κ2) is 9.18. The minimum atomic E-state index is -0.392. The molecule has 8 heteroatoms. The van der Waals surface area contributed by atoms with E-state index in [1.165, 1.54) is 0 Å². The standard InChI is InChI=1S/C23H26N4O4/c1-31-17-10-8-16(9-11-17)20(26-12-4-5-13-26)14-24-21(28)15-27-23(30)19-7-3-2-6-18(19)22(29)25-27/h2-3,6-11,20H,4-5,12-15H2,1H3,(H,24,28)(H,25,29)/t20-/m1/s1. The number of ether oxygens (including phenoxy) is 1. The molecule has 0 unspecified atom stereocenters. The smallest absolute Gasteiger partial charge is 0.273 e. The van der Waals surface area contributed by atoms with E-state index in [2.05, 4.69) is 15.3 Å². The Kier molecular flexibility index (Phi) is 6.18. The third-order valence-electron chi connectivity index (χ3n) is 5.76. The van der Waals surface area contributed by atoms with E-state index in [9.17, 15) is 14.4 Å². The van der Waals surface area contributed by atoms with Crippen LogP contribution in [-0.2, 0) is 11.3 Å². The van der Waals surface area contributed by atoms with Gasteiger partial charge in [0.2, 0.25) is 5.91 Å². The number of amides is 1. The number of hydrogen-bond acceptors (Lipinski definition) is 5. The number of carbonyl (C=O) groups excluding carboxylic acids is 1. The quantitative estimate of drug-likeness (QED) is 0.604. The molecule has 1 aliphatic heterocycles. The highest BCUT2D eigenvalue weighted by atomic mass is 16.5. The van der Waals surface area contributed by atoms with Gasteiger partial charge in [-0.25, -0.2) is 4.68 Å². The zero-order chi connectivity index (χ0) is 21.8. The lowest BCUT2D eigenvalue weighted by Gasteiger charge is -2.28. The summed E-state index contributed by atoms with van der Waals surface area (Å²) < 4.78 is 6.31. The molecule has 1 aliphatic rings. The molecule has 0 saturated carbocycles. The van der Waals surface area contributed by atoms with Gasteiger partial charge < -0.3 is 10.1 Å². The number of benzene rings is 2. The molecule has 1 amide bonds. The summed E-state index contributed by atoms with van der Waals surface area (Å²) in [6.45, 7) is 2.13. The van der Waals surface area contributed by atoms with E-state index in [-0.39, 0.29) is 18.5 Å². The molecule has 3 aromatic rings. The molecule has 2 heterocycles. The van der Waals surface area contributed by atoms with E-state index in [1.54, 1.807) is 31.4 Å². The number of fused-ring (bicyclic) bond motifs is 1. The molecule has 1 fully saturated rings. The van der Waals surface area contributed by atoms with Crippen LogP contribution in [0.2, 0.25) is 0 Å². The molecule has 4 rings (SSSR count). The van der Waals surface area contributed by atoms with Crippen molar-refractivity contribution in [3.63, 3.8) is 0 Å². The Hall–Kier alpha value is -3.39. The van der Waals surface area contributed by atoms with E-state index >= 15 is 0 Å². The lowest BCUT2D eigenvalue weighted by atomic mass is 10.1. The highest BCUT2D eigenvalue weighted by Crippen LogP contribution is 2.26. The summed E-state index contributed by atoms with van der Waals surface area (Å²) in [6, 6.07) is 14.5. The molecular formula is C23H26N4O4. The number of H-pyrrole nitrogens is 1. The maximum Gasteiger partial charge on any atom is 0.273 e. The fourth-order valence-corrected chi connectivity index (χ4v) is 4.11. The van der Waals surface area contributed by atoms with Crippen molar-refractivity contribution in [2.45, 2.75) is 25.4 Å². The van der Waals surface area contributed by atoms with Crippen LogP contribution in [0, 0.1) is 0 Å². The van der Waals surface area contributed by atoms with Gasteiger partial charge in [-0.1, -0.05) is 24.3 Å². The normalized spacial score (nSPS) is 15.1. The van der Waals surface area contributed by atoms with Crippen LogP contribution in [0.4, 0.5) is 0 Å². The highest BCUT2D eigenvalue weighted by molar-refractivity contribution is 5.81. The molecule has 0 spiro atoms. The molecule has 1 saturated heterocycles. The van der Waals surface area contributed by atoms with Gasteiger partial charge in [0.05, 0.1) is 23.9 Å². The van der Waals surface area contributed by atoms with E-state index < -0.39 is 11.1 Å². The lowest BCUT2D eigenvalue weighted by Crippen LogP contribution is -2.40. The fraction of sp³-hybridized carbons (Fsp3) is 0.348. The number of carbonyl (C=O) groups is 1. The largest absolute Gasteiger partial charge is 0.497 e. The number of methoxy groups -OCH3 is 1. The van der Waals surface area contributed by atoms with Crippen molar-refractivity contribution in [1.82, 2.24) is 20.0 Å². The number of hydrogen-bond donors (Lipinski definition) is 2. The Balaban J connectivity index is 1.49. The van der Waals surface area contributed by atoms with Crippen LogP contribution in [0.1, 0.15) is 24.4 Å². The number of nitrogens with one attached hydrogen (secondary N) is 2. The van der Waals surface area contributed by atoms with Crippen LogP contribution >= 0.6 is 0 Å². The number of rotatable bonds is 7. The molecule has 1 aromatic heterocycles. The van der Waals surface area contributed by atoms with Gasteiger partial charge in [-0.2, -0.15) is 0 Å². The lowest BCUT2D eigenvalue weighted by molar-refractivity contribution is -0.122. The predicted octanol–water partition coefficient (Wildman–Crippen LogP) is 1.65. The maximum atomic E-state index is 12.6. The van der Waals surface area contributed by atoms with Crippen molar-refractivity contribution < 1.29 is 9.53 Å². The third-order valence-corrected chi connectivity index (χ3v) is 5.76. The summed E-state index contributed by atoms with van der Waals surface area (Å²) in [5, 5.41) is 6.05. The maximum absolute atomic E-state index is 12.6. The van der Waals surface area contributed by atoms with Gasteiger partial charge in [-0.15, -0.1) is 0 Å². The molecule has 1 atom stereocenters. The molecule has 0 radical (unpaired) electrons. The number of nitrogens with zero attached hydrogens (tertiary/aromatic N) is 2. The Morgan fingerprint density at radius 1 is 1.06 bits per heavy atom. The van der Waals surface area contributed by atoms with Gasteiger partial charge >= 0.3 is 0 Å². The Bertz CT molecular complexity index is 1180. The van der Waals surface area contributed by atoms with Crippen LogP contribution < -0.4 is 21.2 Å². The summed E-state index contributed by atoms with van der Waals surface area (Å²) >= 11 is 0.